The quantitative estimate of drug-likeness (QED) is 0.915. The molecule has 1 saturated carbocycles. The largest absolute Gasteiger partial charge is 0.330 e. The van der Waals surface area contributed by atoms with E-state index in [4.69, 9.17) is 10.7 Å². The number of hydrogen-bond donors (Lipinski definition) is 1. The van der Waals surface area contributed by atoms with Gasteiger partial charge in [0.1, 0.15) is 5.82 Å². The zero-order valence-electron chi connectivity index (χ0n) is 11.8. The zero-order valence-corrected chi connectivity index (χ0v) is 11.8. The van der Waals surface area contributed by atoms with Crippen molar-refractivity contribution in [2.75, 3.05) is 6.54 Å². The van der Waals surface area contributed by atoms with Gasteiger partial charge in [-0.25, -0.2) is 4.98 Å². The Bertz CT molecular complexity index is 570. The van der Waals surface area contributed by atoms with Crippen LogP contribution in [0.2, 0.25) is 0 Å². The highest BCUT2D eigenvalue weighted by Crippen LogP contribution is 2.40. The van der Waals surface area contributed by atoms with Crippen LogP contribution in [-0.4, -0.2) is 16.1 Å². The average Bonchev–Trinajstić information content (AvgIpc) is 3.01. The molecule has 0 saturated heterocycles. The number of nitrogens with two attached hydrogens (primary N) is 1. The normalized spacial score (nSPS) is 23.6. The fraction of sp³-hybridized carbons (Fsp3) is 0.562. The molecule has 0 amide bonds. The van der Waals surface area contributed by atoms with E-state index in [1.165, 1.54) is 30.6 Å². The lowest BCUT2D eigenvalue weighted by atomic mass is 9.95. The van der Waals surface area contributed by atoms with Crippen LogP contribution in [0.3, 0.4) is 0 Å². The van der Waals surface area contributed by atoms with Crippen molar-refractivity contribution in [2.24, 2.45) is 11.7 Å². The van der Waals surface area contributed by atoms with Crippen LogP contribution in [0.5, 0.6) is 0 Å². The first kappa shape index (κ1) is 12.7. The second kappa shape index (κ2) is 4.97. The lowest BCUT2D eigenvalue weighted by molar-refractivity contribution is 0.447. The van der Waals surface area contributed by atoms with Crippen LogP contribution < -0.4 is 5.73 Å². The van der Waals surface area contributed by atoms with Crippen LogP contribution >= 0.6 is 0 Å². The lowest BCUT2D eigenvalue weighted by Crippen LogP contribution is -2.20. The third-order valence-electron chi connectivity index (χ3n) is 4.43. The monoisotopic (exact) mass is 257 g/mol. The lowest BCUT2D eigenvalue weighted by Gasteiger charge is -2.21. The zero-order chi connectivity index (χ0) is 13.4. The molecule has 0 radical (unpaired) electrons. The van der Waals surface area contributed by atoms with Crippen LogP contribution in [0, 0.1) is 5.92 Å². The van der Waals surface area contributed by atoms with Gasteiger partial charge in [-0.05, 0) is 51.3 Å². The number of hydrogen-bond acceptors (Lipinski definition) is 2. The summed E-state index contributed by atoms with van der Waals surface area (Å²) in [7, 11) is 0. The molecule has 2 unspecified atom stereocenters. The van der Waals surface area contributed by atoms with E-state index in [-0.39, 0.29) is 0 Å². The summed E-state index contributed by atoms with van der Waals surface area (Å²) in [5.74, 6) is 2.40. The van der Waals surface area contributed by atoms with Crippen molar-refractivity contribution >= 4 is 11.0 Å². The highest BCUT2D eigenvalue weighted by Gasteiger charge is 2.32. The van der Waals surface area contributed by atoms with E-state index in [1.54, 1.807) is 0 Å². The predicted molar refractivity (Wildman–Crippen MR) is 79.3 cm³/mol. The van der Waals surface area contributed by atoms with Gasteiger partial charge in [0.05, 0.1) is 11.0 Å². The summed E-state index contributed by atoms with van der Waals surface area (Å²) in [6, 6.07) is 8.91. The Balaban J connectivity index is 2.14. The van der Waals surface area contributed by atoms with Crippen LogP contribution in [0.1, 0.15) is 50.9 Å². The first-order valence-electron chi connectivity index (χ1n) is 7.39. The number of para-hydroxylation sites is 2. The Morgan fingerprint density at radius 3 is 2.84 bits per heavy atom. The molecule has 1 aliphatic carbocycles. The Hall–Kier alpha value is -1.35. The first-order valence-corrected chi connectivity index (χ1v) is 7.39. The van der Waals surface area contributed by atoms with Crippen molar-refractivity contribution in [3.63, 3.8) is 0 Å². The molecule has 2 aromatic rings. The van der Waals surface area contributed by atoms with Gasteiger partial charge >= 0.3 is 0 Å². The van der Waals surface area contributed by atoms with Crippen molar-refractivity contribution in [3.05, 3.63) is 30.1 Å². The molecule has 19 heavy (non-hydrogen) atoms. The summed E-state index contributed by atoms with van der Waals surface area (Å²) in [4.78, 5) is 4.92. The molecule has 102 valence electrons. The molecule has 1 aromatic carbocycles. The second-order valence-corrected chi connectivity index (χ2v) is 5.96. The van der Waals surface area contributed by atoms with Gasteiger partial charge in [0.15, 0.2) is 0 Å². The molecule has 1 heterocycles. The molecule has 0 bridgehead atoms. The standard InChI is InChI=1S/C16H23N3/c1-11(2)19-15-9-4-3-8-14(15)18-16(19)13-7-5-6-12(13)10-17/h3-4,8-9,11-13H,5-7,10,17H2,1-2H3. The van der Waals surface area contributed by atoms with E-state index < -0.39 is 0 Å². The molecule has 3 rings (SSSR count). The minimum absolute atomic E-state index is 0.446. The molecule has 1 aromatic heterocycles. The molecule has 3 heteroatoms. The maximum Gasteiger partial charge on any atom is 0.113 e. The Morgan fingerprint density at radius 2 is 2.11 bits per heavy atom. The van der Waals surface area contributed by atoms with E-state index in [0.29, 0.717) is 17.9 Å². The van der Waals surface area contributed by atoms with E-state index in [2.05, 4.69) is 42.7 Å². The molecule has 1 aliphatic rings. The van der Waals surface area contributed by atoms with Crippen LogP contribution in [0.15, 0.2) is 24.3 Å². The number of fused-ring (bicyclic) bond motifs is 1. The van der Waals surface area contributed by atoms with Crippen molar-refractivity contribution in [3.8, 4) is 0 Å². The van der Waals surface area contributed by atoms with Gasteiger partial charge in [-0.15, -0.1) is 0 Å². The summed E-state index contributed by atoms with van der Waals surface area (Å²) < 4.78 is 2.41. The highest BCUT2D eigenvalue weighted by atomic mass is 15.1. The summed E-state index contributed by atoms with van der Waals surface area (Å²) >= 11 is 0. The van der Waals surface area contributed by atoms with Crippen LogP contribution in [-0.2, 0) is 0 Å². The molecule has 2 atom stereocenters. The summed E-state index contributed by atoms with van der Waals surface area (Å²) in [6.07, 6.45) is 3.77. The summed E-state index contributed by atoms with van der Waals surface area (Å²) in [5.41, 5.74) is 8.32. The fourth-order valence-corrected chi connectivity index (χ4v) is 3.53. The van der Waals surface area contributed by atoms with Gasteiger partial charge in [-0.2, -0.15) is 0 Å². The average molecular weight is 257 g/mol. The number of rotatable bonds is 3. The van der Waals surface area contributed by atoms with Crippen molar-refractivity contribution in [1.29, 1.82) is 0 Å². The molecule has 3 nitrogen and oxygen atoms in total. The van der Waals surface area contributed by atoms with E-state index in [1.807, 2.05) is 0 Å². The molecular formula is C16H23N3. The number of imidazole rings is 1. The maximum atomic E-state index is 5.94. The van der Waals surface area contributed by atoms with Crippen LogP contribution in [0.25, 0.3) is 11.0 Å². The van der Waals surface area contributed by atoms with Gasteiger partial charge in [0.25, 0.3) is 0 Å². The number of aromatic nitrogens is 2. The Labute approximate surface area is 114 Å². The first-order chi connectivity index (χ1) is 9.22. The highest BCUT2D eigenvalue weighted by molar-refractivity contribution is 5.76. The number of nitrogens with zero attached hydrogens (tertiary/aromatic N) is 2. The Morgan fingerprint density at radius 1 is 1.32 bits per heavy atom. The third-order valence-corrected chi connectivity index (χ3v) is 4.43. The predicted octanol–water partition coefficient (Wildman–Crippen LogP) is 3.46. The number of benzene rings is 1. The molecular weight excluding hydrogens is 234 g/mol. The third kappa shape index (κ3) is 2.06. The van der Waals surface area contributed by atoms with E-state index in [9.17, 15) is 0 Å². The summed E-state index contributed by atoms with van der Waals surface area (Å²) in [6.45, 7) is 5.26. The smallest absolute Gasteiger partial charge is 0.113 e. The molecule has 0 aliphatic heterocycles. The molecule has 0 spiro atoms. The topological polar surface area (TPSA) is 43.8 Å². The van der Waals surface area contributed by atoms with Gasteiger partial charge in [0.2, 0.25) is 0 Å². The van der Waals surface area contributed by atoms with Crippen LogP contribution in [0.4, 0.5) is 0 Å². The fourth-order valence-electron chi connectivity index (χ4n) is 3.53. The molecule has 2 N–H and O–H groups in total. The van der Waals surface area contributed by atoms with Crippen molar-refractivity contribution < 1.29 is 0 Å². The second-order valence-electron chi connectivity index (χ2n) is 5.96. The van der Waals surface area contributed by atoms with Gasteiger partial charge in [-0.1, -0.05) is 18.6 Å². The SMILES string of the molecule is CC(C)n1c(C2CCCC2CN)nc2ccccc21. The minimum atomic E-state index is 0.446. The van der Waals surface area contributed by atoms with Gasteiger partial charge < -0.3 is 10.3 Å². The van der Waals surface area contributed by atoms with Gasteiger partial charge in [-0.3, -0.25) is 0 Å². The van der Waals surface area contributed by atoms with E-state index >= 15 is 0 Å². The van der Waals surface area contributed by atoms with E-state index in [0.717, 1.165) is 12.1 Å². The van der Waals surface area contributed by atoms with Crippen molar-refractivity contribution in [1.82, 2.24) is 9.55 Å². The Kier molecular flexibility index (Phi) is 3.31. The molecule has 1 fully saturated rings. The van der Waals surface area contributed by atoms with Gasteiger partial charge in [0, 0.05) is 12.0 Å². The maximum absolute atomic E-state index is 5.94. The minimum Gasteiger partial charge on any atom is -0.330 e. The van der Waals surface area contributed by atoms with Crippen molar-refractivity contribution in [2.45, 2.75) is 45.1 Å². The summed E-state index contributed by atoms with van der Waals surface area (Å²) in [5, 5.41) is 0.